The number of halogens is 1. The molecule has 0 atom stereocenters. The number of rotatable bonds is 5. The Bertz CT molecular complexity index is 1190. The number of fused-ring (bicyclic) bond motifs is 1. The van der Waals surface area contributed by atoms with Crippen LogP contribution in [0.2, 0.25) is 0 Å². The van der Waals surface area contributed by atoms with E-state index in [9.17, 15) is 39.9 Å². The van der Waals surface area contributed by atoms with Crippen LogP contribution in [-0.4, -0.2) is 51.2 Å². The van der Waals surface area contributed by atoms with Gasteiger partial charge in [-0.25, -0.2) is 4.39 Å². The Hall–Kier alpha value is -4.53. The van der Waals surface area contributed by atoms with Crippen LogP contribution in [-0.2, 0) is 11.3 Å². The number of hydrogen-bond acceptors (Lipinski definition) is 9. The third kappa shape index (κ3) is 4.17. The molecule has 0 saturated carbocycles. The van der Waals surface area contributed by atoms with E-state index in [1.165, 1.54) is 25.2 Å². The van der Waals surface area contributed by atoms with Crippen LogP contribution in [0.5, 0.6) is 17.2 Å². The summed E-state index contributed by atoms with van der Waals surface area (Å²) in [4.78, 5) is 23.7. The van der Waals surface area contributed by atoms with Gasteiger partial charge in [-0.3, -0.25) is 14.9 Å². The van der Waals surface area contributed by atoms with E-state index in [-0.39, 0.29) is 12.1 Å². The van der Waals surface area contributed by atoms with E-state index in [2.05, 4.69) is 5.32 Å². The van der Waals surface area contributed by atoms with Gasteiger partial charge >= 0.3 is 5.69 Å². The summed E-state index contributed by atoms with van der Waals surface area (Å²) < 4.78 is 19.9. The van der Waals surface area contributed by atoms with Crippen molar-refractivity contribution in [3.63, 3.8) is 0 Å². The first kappa shape index (κ1) is 22.2. The summed E-state index contributed by atoms with van der Waals surface area (Å²) in [6.07, 6.45) is 0. The molecule has 12 heteroatoms. The van der Waals surface area contributed by atoms with Crippen LogP contribution < -0.4 is 10.1 Å². The Morgan fingerprint density at radius 2 is 2.09 bits per heavy atom. The summed E-state index contributed by atoms with van der Waals surface area (Å²) in [7, 11) is 1.27. The van der Waals surface area contributed by atoms with Crippen LogP contribution in [0.3, 0.4) is 0 Å². The number of aliphatic hydroxyl groups is 1. The lowest BCUT2D eigenvalue weighted by Gasteiger charge is -2.22. The number of ether oxygens (including phenoxy) is 1. The minimum atomic E-state index is -1.03. The molecule has 0 spiro atoms. The quantitative estimate of drug-likeness (QED) is 0.135. The number of hydrogen-bond donors (Lipinski definition) is 4. The highest BCUT2D eigenvalue weighted by molar-refractivity contribution is 6.03. The molecule has 2 aromatic rings. The smallest absolute Gasteiger partial charge is 0.315 e. The molecule has 0 unspecified atom stereocenters. The number of amides is 1. The van der Waals surface area contributed by atoms with Gasteiger partial charge in [0.2, 0.25) is 5.75 Å². The highest BCUT2D eigenvalue weighted by atomic mass is 19.1. The Morgan fingerprint density at radius 3 is 2.75 bits per heavy atom. The molecule has 0 fully saturated rings. The maximum atomic E-state index is 14.4. The number of nitriles is 1. The Balaban J connectivity index is 1.92. The maximum absolute atomic E-state index is 14.4. The molecular weight excluding hydrogens is 427 g/mol. The van der Waals surface area contributed by atoms with Crippen molar-refractivity contribution in [3.05, 3.63) is 56.9 Å². The lowest BCUT2D eigenvalue weighted by molar-refractivity contribution is -0.386. The summed E-state index contributed by atoms with van der Waals surface area (Å²) >= 11 is 0. The van der Waals surface area contributed by atoms with Crippen LogP contribution in [0.25, 0.3) is 5.76 Å². The summed E-state index contributed by atoms with van der Waals surface area (Å²) in [5.41, 5.74) is -1.62. The maximum Gasteiger partial charge on any atom is 0.315 e. The van der Waals surface area contributed by atoms with Crippen molar-refractivity contribution >= 4 is 23.0 Å². The molecule has 0 radical (unpaired) electrons. The highest BCUT2D eigenvalue weighted by Crippen LogP contribution is 2.38. The molecule has 3 rings (SSSR count). The summed E-state index contributed by atoms with van der Waals surface area (Å²) in [6.45, 7) is 0.624. The topological polar surface area (TPSA) is 169 Å². The van der Waals surface area contributed by atoms with Crippen LogP contribution in [0, 0.1) is 27.3 Å². The minimum absolute atomic E-state index is 0.0954. The van der Waals surface area contributed by atoms with E-state index >= 15 is 0 Å². The normalized spacial score (nSPS) is 13.0. The molecule has 0 bridgehead atoms. The van der Waals surface area contributed by atoms with Crippen molar-refractivity contribution in [1.82, 2.24) is 4.90 Å². The van der Waals surface area contributed by atoms with E-state index in [1.54, 1.807) is 0 Å². The van der Waals surface area contributed by atoms with Gasteiger partial charge in [-0.1, -0.05) is 0 Å². The van der Waals surface area contributed by atoms with Gasteiger partial charge in [0.1, 0.15) is 30.0 Å². The Kier molecular flexibility index (Phi) is 6.01. The number of likely N-dealkylation sites (N-methyl/N-ethyl adjacent to an activating group) is 1. The van der Waals surface area contributed by atoms with Crippen molar-refractivity contribution in [2.45, 2.75) is 6.54 Å². The first-order valence-corrected chi connectivity index (χ1v) is 9.12. The van der Waals surface area contributed by atoms with Gasteiger partial charge in [-0.15, -0.1) is 0 Å². The van der Waals surface area contributed by atoms with Crippen LogP contribution in [0.15, 0.2) is 29.8 Å². The molecule has 1 amide bonds. The third-order valence-corrected chi connectivity index (χ3v) is 4.68. The summed E-state index contributed by atoms with van der Waals surface area (Å²) in [5, 5.41) is 53.0. The fourth-order valence-electron chi connectivity index (χ4n) is 3.07. The number of carbonyl (C=O) groups excluding carboxylic acids is 1. The molecule has 0 saturated heterocycles. The average molecular weight is 444 g/mol. The van der Waals surface area contributed by atoms with E-state index in [4.69, 9.17) is 4.74 Å². The van der Waals surface area contributed by atoms with Gasteiger partial charge in [0.15, 0.2) is 11.3 Å². The lowest BCUT2D eigenvalue weighted by atomic mass is 10.1. The molecule has 2 aromatic carbocycles. The number of phenols is 2. The second-order valence-electron chi connectivity index (χ2n) is 6.83. The molecule has 0 aliphatic carbocycles. The zero-order valence-electron chi connectivity index (χ0n) is 16.6. The molecular formula is C20H17FN4O7. The number of phenolic OH excluding ortho intramolecular Hbond substituents is 2. The molecule has 166 valence electrons. The van der Waals surface area contributed by atoms with Gasteiger partial charge < -0.3 is 30.3 Å². The van der Waals surface area contributed by atoms with Crippen molar-refractivity contribution in [1.29, 1.82) is 5.26 Å². The molecule has 32 heavy (non-hydrogen) atoms. The number of aliphatic hydroxyl groups excluding tert-OH is 1. The zero-order chi connectivity index (χ0) is 23.6. The first-order chi connectivity index (χ1) is 15.1. The predicted octanol–water partition coefficient (Wildman–Crippen LogP) is 2.40. The molecule has 11 nitrogen and oxygen atoms in total. The Labute approximate surface area is 180 Å². The standard InChI is InChI=1S/C20H17FN4O7/c1-24(9-11-6-17-14(7-13(11)21)23-2-3-32-17)20(29)12(8-22)18(27)10-4-15(25(30)31)19(28)16(26)5-10/h4-7,23,26-28H,2-3,9H2,1H3/b18-12-. The van der Waals surface area contributed by atoms with Crippen LogP contribution in [0.4, 0.5) is 15.8 Å². The van der Waals surface area contributed by atoms with Crippen molar-refractivity contribution in [3.8, 4) is 23.3 Å². The summed E-state index contributed by atoms with van der Waals surface area (Å²) in [6, 6.07) is 5.60. The molecule has 4 N–H and O–H groups in total. The number of nitro groups is 1. The zero-order valence-corrected chi connectivity index (χ0v) is 16.6. The second kappa shape index (κ2) is 8.68. The van der Waals surface area contributed by atoms with E-state index < -0.39 is 50.7 Å². The largest absolute Gasteiger partial charge is 0.506 e. The van der Waals surface area contributed by atoms with Gasteiger partial charge in [-0.05, 0) is 12.1 Å². The number of nitrogens with zero attached hydrogens (tertiary/aromatic N) is 3. The monoisotopic (exact) mass is 444 g/mol. The van der Waals surface area contributed by atoms with Gasteiger partial charge in [0, 0.05) is 43.4 Å². The van der Waals surface area contributed by atoms with E-state index in [1.807, 2.05) is 0 Å². The molecule has 0 aromatic heterocycles. The van der Waals surface area contributed by atoms with Crippen molar-refractivity contribution in [2.75, 3.05) is 25.5 Å². The van der Waals surface area contributed by atoms with Crippen molar-refractivity contribution < 1.29 is 34.2 Å². The number of benzene rings is 2. The molecule has 1 aliphatic heterocycles. The number of carbonyl (C=O) groups is 1. The predicted molar refractivity (Wildman–Crippen MR) is 108 cm³/mol. The first-order valence-electron chi connectivity index (χ1n) is 9.12. The third-order valence-electron chi connectivity index (χ3n) is 4.68. The Morgan fingerprint density at radius 1 is 1.38 bits per heavy atom. The number of nitro benzene ring substituents is 1. The average Bonchev–Trinajstić information content (AvgIpc) is 2.76. The molecule has 1 heterocycles. The highest BCUT2D eigenvalue weighted by Gasteiger charge is 2.26. The SMILES string of the molecule is CN(Cc1cc2c(cc1F)NCCO2)C(=O)/C(C#N)=C(\O)c1cc(O)c(O)c([N+](=O)[O-])c1. The number of anilines is 1. The fourth-order valence-corrected chi connectivity index (χ4v) is 3.07. The second-order valence-corrected chi connectivity index (χ2v) is 6.83. The fraction of sp³-hybridized carbons (Fsp3) is 0.200. The summed E-state index contributed by atoms with van der Waals surface area (Å²) in [5.74, 6) is -4.14. The van der Waals surface area contributed by atoms with Crippen LogP contribution in [0.1, 0.15) is 11.1 Å². The van der Waals surface area contributed by atoms with Gasteiger partial charge in [0.05, 0.1) is 10.6 Å². The van der Waals surface area contributed by atoms with Gasteiger partial charge in [0.25, 0.3) is 5.91 Å². The minimum Gasteiger partial charge on any atom is -0.506 e. The van der Waals surface area contributed by atoms with Crippen molar-refractivity contribution in [2.24, 2.45) is 0 Å². The van der Waals surface area contributed by atoms with E-state index in [0.29, 0.717) is 30.7 Å². The number of aromatic hydroxyl groups is 2. The van der Waals surface area contributed by atoms with Crippen LogP contribution >= 0.6 is 0 Å². The number of nitrogens with one attached hydrogen (secondary N) is 1. The lowest BCUT2D eigenvalue weighted by Crippen LogP contribution is -2.28. The van der Waals surface area contributed by atoms with Gasteiger partial charge in [-0.2, -0.15) is 5.26 Å². The molecule has 1 aliphatic rings. The van der Waals surface area contributed by atoms with E-state index in [0.717, 1.165) is 11.0 Å².